The van der Waals surface area contributed by atoms with Crippen molar-refractivity contribution in [1.82, 2.24) is 19.6 Å². The second-order valence-electron chi connectivity index (χ2n) is 6.97. The van der Waals surface area contributed by atoms with Crippen molar-refractivity contribution in [3.05, 3.63) is 59.4 Å². The maximum Gasteiger partial charge on any atom is 0.288 e. The minimum absolute atomic E-state index is 0.159. The third-order valence-electron chi connectivity index (χ3n) is 4.77. The highest BCUT2D eigenvalue weighted by molar-refractivity contribution is 8.14. The van der Waals surface area contributed by atoms with Crippen LogP contribution in [0.4, 0.5) is 4.79 Å². The monoisotopic (exact) mass is 408 g/mol. The first-order valence-corrected chi connectivity index (χ1v) is 10.2. The number of carbonyl (C=O) groups excluding carboxylic acids is 3. The van der Waals surface area contributed by atoms with Crippen molar-refractivity contribution in [3.63, 3.8) is 0 Å². The number of imide groups is 1. The molecular formula is C21H20N4O3S. The number of benzene rings is 1. The molecule has 0 spiro atoms. The summed E-state index contributed by atoms with van der Waals surface area (Å²) in [6.07, 6.45) is 1.87. The smallest absolute Gasteiger partial charge is 0.288 e. The Kier molecular flexibility index (Phi) is 5.10. The molecule has 0 radical (unpaired) electrons. The van der Waals surface area contributed by atoms with E-state index in [1.54, 1.807) is 4.40 Å². The fourth-order valence-corrected chi connectivity index (χ4v) is 3.99. The van der Waals surface area contributed by atoms with E-state index in [2.05, 4.69) is 10.3 Å². The van der Waals surface area contributed by atoms with Crippen LogP contribution in [-0.2, 0) is 4.79 Å². The number of aryl methyl sites for hydroxylation is 2. The average Bonchev–Trinajstić information content (AvgIpc) is 3.23. The topological polar surface area (TPSA) is 83.8 Å². The van der Waals surface area contributed by atoms with E-state index >= 15 is 0 Å². The third-order valence-corrected chi connectivity index (χ3v) is 5.63. The average molecular weight is 408 g/mol. The van der Waals surface area contributed by atoms with Crippen molar-refractivity contribution in [2.45, 2.75) is 13.8 Å². The van der Waals surface area contributed by atoms with Crippen LogP contribution >= 0.6 is 11.8 Å². The van der Waals surface area contributed by atoms with Crippen LogP contribution in [0.25, 0.3) is 16.9 Å². The minimum atomic E-state index is -0.301. The van der Waals surface area contributed by atoms with Gasteiger partial charge in [-0.25, -0.2) is 4.98 Å². The molecule has 0 aliphatic carbocycles. The van der Waals surface area contributed by atoms with Crippen LogP contribution in [0, 0.1) is 13.8 Å². The molecule has 7 nitrogen and oxygen atoms in total. The van der Waals surface area contributed by atoms with Crippen molar-refractivity contribution in [3.8, 4) is 11.3 Å². The van der Waals surface area contributed by atoms with Gasteiger partial charge in [0.15, 0.2) is 0 Å². The van der Waals surface area contributed by atoms with Gasteiger partial charge in [-0.3, -0.25) is 23.7 Å². The number of hydrogen-bond acceptors (Lipinski definition) is 5. The molecule has 3 amide bonds. The SMILES string of the molecule is Cc1ccc(-c2nc3ccc(C)cn3c2C(=O)NCCN2C(=O)CSC2=O)cc1. The summed E-state index contributed by atoms with van der Waals surface area (Å²) in [7, 11) is 0. The van der Waals surface area contributed by atoms with Crippen LogP contribution in [-0.4, -0.2) is 50.2 Å². The number of imidazole rings is 1. The Hall–Kier alpha value is -3.13. The molecule has 0 unspecified atom stereocenters. The molecule has 2 aromatic heterocycles. The lowest BCUT2D eigenvalue weighted by Crippen LogP contribution is -2.37. The number of thioether (sulfide) groups is 1. The van der Waals surface area contributed by atoms with Crippen LogP contribution in [0.1, 0.15) is 21.6 Å². The summed E-state index contributed by atoms with van der Waals surface area (Å²) in [6.45, 7) is 4.30. The molecule has 1 aliphatic rings. The van der Waals surface area contributed by atoms with E-state index in [4.69, 9.17) is 0 Å². The quantitative estimate of drug-likeness (QED) is 0.702. The lowest BCUT2D eigenvalue weighted by Gasteiger charge is -2.13. The third kappa shape index (κ3) is 3.75. The number of hydrogen-bond donors (Lipinski definition) is 1. The lowest BCUT2D eigenvalue weighted by molar-refractivity contribution is -0.124. The molecule has 0 bridgehead atoms. The van der Waals surface area contributed by atoms with Crippen LogP contribution in [0.2, 0.25) is 0 Å². The number of carbonyl (C=O) groups is 3. The largest absolute Gasteiger partial charge is 0.349 e. The van der Waals surface area contributed by atoms with Crippen molar-refractivity contribution in [2.75, 3.05) is 18.8 Å². The molecule has 8 heteroatoms. The molecule has 0 saturated carbocycles. The van der Waals surface area contributed by atoms with Gasteiger partial charge in [0.1, 0.15) is 17.0 Å². The highest BCUT2D eigenvalue weighted by Crippen LogP contribution is 2.25. The number of aromatic nitrogens is 2. The van der Waals surface area contributed by atoms with Gasteiger partial charge in [-0.2, -0.15) is 0 Å². The van der Waals surface area contributed by atoms with Crippen molar-refractivity contribution in [1.29, 1.82) is 0 Å². The van der Waals surface area contributed by atoms with Gasteiger partial charge in [0, 0.05) is 24.8 Å². The second kappa shape index (κ2) is 7.71. The Morgan fingerprint density at radius 2 is 1.83 bits per heavy atom. The summed E-state index contributed by atoms with van der Waals surface area (Å²) < 4.78 is 1.78. The molecule has 1 fully saturated rings. The Labute approximate surface area is 172 Å². The predicted octanol–water partition coefficient (Wildman–Crippen LogP) is 3.04. The molecule has 1 aromatic carbocycles. The zero-order valence-electron chi connectivity index (χ0n) is 16.1. The zero-order valence-corrected chi connectivity index (χ0v) is 17.0. The Morgan fingerprint density at radius 3 is 2.52 bits per heavy atom. The fourth-order valence-electron chi connectivity index (χ4n) is 3.24. The van der Waals surface area contributed by atoms with E-state index < -0.39 is 0 Å². The van der Waals surface area contributed by atoms with E-state index in [1.807, 2.05) is 56.4 Å². The maximum atomic E-state index is 13.1. The number of amides is 3. The van der Waals surface area contributed by atoms with Crippen molar-refractivity contribution in [2.24, 2.45) is 0 Å². The van der Waals surface area contributed by atoms with Crippen molar-refractivity contribution >= 4 is 34.5 Å². The summed E-state index contributed by atoms with van der Waals surface area (Å²) in [5.41, 5.74) is 4.68. The standard InChI is InChI=1S/C21H20N4O3S/c1-13-3-6-15(7-4-13)18-19(25-11-14(2)5-8-16(25)23-18)20(27)22-9-10-24-17(26)12-29-21(24)28/h3-8,11H,9-10,12H2,1-2H3,(H,22,27). The summed E-state index contributed by atoms with van der Waals surface area (Å²) in [5.74, 6) is -0.359. The molecule has 1 N–H and O–H groups in total. The molecule has 4 rings (SSSR count). The van der Waals surface area contributed by atoms with Crippen LogP contribution in [0.3, 0.4) is 0 Å². The minimum Gasteiger partial charge on any atom is -0.349 e. The highest BCUT2D eigenvalue weighted by Gasteiger charge is 2.29. The molecule has 3 aromatic rings. The van der Waals surface area contributed by atoms with Crippen molar-refractivity contribution < 1.29 is 14.4 Å². The summed E-state index contributed by atoms with van der Waals surface area (Å²) in [5, 5.41) is 2.56. The summed E-state index contributed by atoms with van der Waals surface area (Å²) in [6, 6.07) is 11.7. The number of pyridine rings is 1. The molecule has 29 heavy (non-hydrogen) atoms. The number of nitrogens with zero attached hydrogens (tertiary/aromatic N) is 3. The van der Waals surface area contributed by atoms with Gasteiger partial charge in [-0.05, 0) is 25.5 Å². The first-order chi connectivity index (χ1) is 13.9. The van der Waals surface area contributed by atoms with Gasteiger partial charge in [-0.15, -0.1) is 0 Å². The predicted molar refractivity (Wildman–Crippen MR) is 112 cm³/mol. The maximum absolute atomic E-state index is 13.1. The number of fused-ring (bicyclic) bond motifs is 1. The van der Waals surface area contributed by atoms with E-state index in [0.29, 0.717) is 17.0 Å². The van der Waals surface area contributed by atoms with Gasteiger partial charge in [0.2, 0.25) is 5.91 Å². The van der Waals surface area contributed by atoms with Gasteiger partial charge in [0.25, 0.3) is 11.1 Å². The van der Waals surface area contributed by atoms with E-state index in [9.17, 15) is 14.4 Å². The lowest BCUT2D eigenvalue weighted by atomic mass is 10.1. The number of rotatable bonds is 5. The Morgan fingerprint density at radius 1 is 1.10 bits per heavy atom. The fraction of sp³-hybridized carbons (Fsp3) is 0.238. The molecule has 148 valence electrons. The van der Waals surface area contributed by atoms with Crippen LogP contribution < -0.4 is 5.32 Å². The highest BCUT2D eigenvalue weighted by atomic mass is 32.2. The van der Waals surface area contributed by atoms with Gasteiger partial charge in [-0.1, -0.05) is 47.7 Å². The summed E-state index contributed by atoms with van der Waals surface area (Å²) >= 11 is 0.985. The van der Waals surface area contributed by atoms with Gasteiger partial charge >= 0.3 is 0 Å². The molecular weight excluding hydrogens is 388 g/mol. The van der Waals surface area contributed by atoms with Crippen LogP contribution in [0.15, 0.2) is 42.6 Å². The second-order valence-corrected chi connectivity index (χ2v) is 7.89. The Balaban J connectivity index is 1.63. The first-order valence-electron chi connectivity index (χ1n) is 9.25. The van der Waals surface area contributed by atoms with Crippen LogP contribution in [0.5, 0.6) is 0 Å². The molecule has 0 atom stereocenters. The molecule has 3 heterocycles. The van der Waals surface area contributed by atoms with Gasteiger partial charge < -0.3 is 5.32 Å². The van der Waals surface area contributed by atoms with E-state index in [0.717, 1.165) is 28.5 Å². The normalized spacial score (nSPS) is 14.1. The Bertz CT molecular complexity index is 1100. The molecule has 1 saturated heterocycles. The molecule has 1 aliphatic heterocycles. The zero-order chi connectivity index (χ0) is 20.5. The van der Waals surface area contributed by atoms with Gasteiger partial charge in [0.05, 0.1) is 5.75 Å². The first kappa shape index (κ1) is 19.2. The number of nitrogens with one attached hydrogen (secondary N) is 1. The summed E-state index contributed by atoms with van der Waals surface area (Å²) in [4.78, 5) is 42.3. The van der Waals surface area contributed by atoms with E-state index in [-0.39, 0.29) is 35.9 Å². The van der Waals surface area contributed by atoms with E-state index in [1.165, 1.54) is 4.90 Å².